The molecule has 5 nitrogen and oxygen atoms in total. The Labute approximate surface area is 144 Å². The number of hydrogen-bond donors (Lipinski definition) is 1. The van der Waals surface area contributed by atoms with Gasteiger partial charge < -0.3 is 15.0 Å². The van der Waals surface area contributed by atoms with Gasteiger partial charge in [-0.1, -0.05) is 5.57 Å². The van der Waals surface area contributed by atoms with Crippen LogP contribution in [0.5, 0.6) is 0 Å². The number of rotatable bonds is 2. The first kappa shape index (κ1) is 15.3. The molecule has 0 amide bonds. The van der Waals surface area contributed by atoms with Crippen LogP contribution in [0, 0.1) is 0 Å². The van der Waals surface area contributed by atoms with Crippen LogP contribution < -0.4 is 10.2 Å². The quantitative estimate of drug-likeness (QED) is 0.844. The third kappa shape index (κ3) is 3.35. The van der Waals surface area contributed by atoms with Gasteiger partial charge >= 0.3 is 0 Å². The van der Waals surface area contributed by atoms with Crippen LogP contribution in [0.1, 0.15) is 17.7 Å². The molecule has 0 radical (unpaired) electrons. The van der Waals surface area contributed by atoms with Crippen molar-refractivity contribution in [3.63, 3.8) is 0 Å². The molecule has 0 unspecified atom stereocenters. The monoisotopic (exact) mass is 350 g/mol. The largest absolute Gasteiger partial charge is 0.378 e. The number of ether oxygens (including phenoxy) is 1. The Morgan fingerprint density at radius 3 is 2.78 bits per heavy atom. The SMILES string of the molecule is Clc1nc(N2CCOCC2)c2cc(C=C3CCNCC3)sc2n1. The van der Waals surface area contributed by atoms with Gasteiger partial charge in [-0.05, 0) is 49.7 Å². The second kappa shape index (κ2) is 6.73. The predicted molar refractivity (Wildman–Crippen MR) is 95.5 cm³/mol. The standard InChI is InChI=1S/C16H19ClN4OS/c17-16-19-14(21-5-7-22-8-6-21)13-10-12(23-15(13)20-16)9-11-1-3-18-4-2-11/h9-10,18H,1-8H2. The molecular weight excluding hydrogens is 332 g/mol. The summed E-state index contributed by atoms with van der Waals surface area (Å²) in [5.41, 5.74) is 1.50. The summed E-state index contributed by atoms with van der Waals surface area (Å²) in [6.45, 7) is 5.30. The normalized spacial score (nSPS) is 19.3. The molecule has 23 heavy (non-hydrogen) atoms. The molecule has 0 spiro atoms. The first-order valence-corrected chi connectivity index (χ1v) is 9.19. The summed E-state index contributed by atoms with van der Waals surface area (Å²) in [5.74, 6) is 0.939. The first-order valence-electron chi connectivity index (χ1n) is 7.99. The van der Waals surface area contributed by atoms with Gasteiger partial charge in [0.15, 0.2) is 0 Å². The number of hydrogen-bond acceptors (Lipinski definition) is 6. The van der Waals surface area contributed by atoms with E-state index in [-0.39, 0.29) is 0 Å². The Balaban J connectivity index is 1.72. The van der Waals surface area contributed by atoms with Gasteiger partial charge in [0.2, 0.25) is 5.28 Å². The van der Waals surface area contributed by atoms with E-state index in [0.717, 1.165) is 68.3 Å². The molecule has 1 N–H and O–H groups in total. The second-order valence-electron chi connectivity index (χ2n) is 5.84. The maximum atomic E-state index is 6.15. The molecule has 2 aliphatic rings. The van der Waals surface area contributed by atoms with Gasteiger partial charge in [-0.25, -0.2) is 4.98 Å². The van der Waals surface area contributed by atoms with E-state index in [4.69, 9.17) is 16.3 Å². The maximum absolute atomic E-state index is 6.15. The van der Waals surface area contributed by atoms with Crippen LogP contribution >= 0.6 is 22.9 Å². The zero-order valence-electron chi connectivity index (χ0n) is 12.8. The van der Waals surface area contributed by atoms with Gasteiger partial charge in [0, 0.05) is 18.0 Å². The molecule has 122 valence electrons. The molecule has 2 fully saturated rings. The van der Waals surface area contributed by atoms with Crippen molar-refractivity contribution in [2.75, 3.05) is 44.3 Å². The van der Waals surface area contributed by atoms with Gasteiger partial charge in [-0.2, -0.15) is 4.98 Å². The molecular formula is C16H19ClN4OS. The number of morpholine rings is 1. The zero-order valence-corrected chi connectivity index (χ0v) is 14.4. The Hall–Kier alpha value is -1.21. The Bertz CT molecular complexity index is 731. The molecule has 0 saturated carbocycles. The minimum Gasteiger partial charge on any atom is -0.378 e. The minimum absolute atomic E-state index is 0.321. The molecule has 2 aromatic heterocycles. The van der Waals surface area contributed by atoms with Crippen molar-refractivity contribution in [1.29, 1.82) is 0 Å². The van der Waals surface area contributed by atoms with Gasteiger partial charge in [0.05, 0.1) is 18.6 Å². The van der Waals surface area contributed by atoms with Crippen molar-refractivity contribution >= 4 is 45.0 Å². The minimum atomic E-state index is 0.321. The topological polar surface area (TPSA) is 50.3 Å². The fourth-order valence-corrected chi connectivity index (χ4v) is 4.31. The number of halogens is 1. The van der Waals surface area contributed by atoms with Crippen molar-refractivity contribution < 1.29 is 4.74 Å². The molecule has 2 aliphatic heterocycles. The number of aromatic nitrogens is 2. The molecule has 7 heteroatoms. The zero-order chi connectivity index (χ0) is 15.6. The molecule has 0 atom stereocenters. The summed E-state index contributed by atoms with van der Waals surface area (Å²) in [6, 6.07) is 2.20. The highest BCUT2D eigenvalue weighted by atomic mass is 35.5. The van der Waals surface area contributed by atoms with Gasteiger partial charge in [0.25, 0.3) is 0 Å². The smallest absolute Gasteiger partial charge is 0.225 e. The van der Waals surface area contributed by atoms with E-state index in [9.17, 15) is 0 Å². The molecule has 4 heterocycles. The number of thiophene rings is 1. The lowest BCUT2D eigenvalue weighted by Gasteiger charge is -2.28. The summed E-state index contributed by atoms with van der Waals surface area (Å²) < 4.78 is 5.44. The number of piperidine rings is 1. The van der Waals surface area contributed by atoms with Crippen molar-refractivity contribution in [2.24, 2.45) is 0 Å². The van der Waals surface area contributed by atoms with E-state index in [2.05, 4.69) is 32.3 Å². The number of anilines is 1. The van der Waals surface area contributed by atoms with E-state index in [1.807, 2.05) is 0 Å². The van der Waals surface area contributed by atoms with E-state index in [1.54, 1.807) is 11.3 Å². The van der Waals surface area contributed by atoms with Gasteiger partial charge in [0.1, 0.15) is 10.6 Å². The Kier molecular flexibility index (Phi) is 4.48. The van der Waals surface area contributed by atoms with Crippen LogP contribution in [-0.4, -0.2) is 49.4 Å². The van der Waals surface area contributed by atoms with Crippen LogP contribution in [0.3, 0.4) is 0 Å². The van der Waals surface area contributed by atoms with Gasteiger partial charge in [-0.3, -0.25) is 0 Å². The highest BCUT2D eigenvalue weighted by molar-refractivity contribution is 7.19. The summed E-state index contributed by atoms with van der Waals surface area (Å²) in [5, 5.41) is 4.81. The third-order valence-electron chi connectivity index (χ3n) is 4.27. The maximum Gasteiger partial charge on any atom is 0.225 e. The van der Waals surface area contributed by atoms with Crippen molar-refractivity contribution in [2.45, 2.75) is 12.8 Å². The number of nitrogens with one attached hydrogen (secondary N) is 1. The molecule has 2 saturated heterocycles. The van der Waals surface area contributed by atoms with E-state index >= 15 is 0 Å². The fraction of sp³-hybridized carbons (Fsp3) is 0.500. The Morgan fingerprint density at radius 1 is 1.22 bits per heavy atom. The van der Waals surface area contributed by atoms with Crippen LogP contribution in [0.15, 0.2) is 11.6 Å². The average molecular weight is 351 g/mol. The predicted octanol–water partition coefficient (Wildman–Crippen LogP) is 2.95. The number of nitrogens with zero attached hydrogens (tertiary/aromatic N) is 3. The lowest BCUT2D eigenvalue weighted by Crippen LogP contribution is -2.36. The van der Waals surface area contributed by atoms with Crippen molar-refractivity contribution in [3.8, 4) is 0 Å². The van der Waals surface area contributed by atoms with E-state index in [0.29, 0.717) is 5.28 Å². The summed E-state index contributed by atoms with van der Waals surface area (Å²) in [6.07, 6.45) is 4.55. The average Bonchev–Trinajstić information content (AvgIpc) is 2.98. The summed E-state index contributed by atoms with van der Waals surface area (Å²) in [4.78, 5) is 13.4. The lowest BCUT2D eigenvalue weighted by atomic mass is 10.1. The Morgan fingerprint density at radius 2 is 2.00 bits per heavy atom. The molecule has 0 aromatic carbocycles. The summed E-state index contributed by atoms with van der Waals surface area (Å²) in [7, 11) is 0. The highest BCUT2D eigenvalue weighted by Gasteiger charge is 2.18. The highest BCUT2D eigenvalue weighted by Crippen LogP contribution is 2.34. The van der Waals surface area contributed by atoms with Crippen molar-refractivity contribution in [1.82, 2.24) is 15.3 Å². The molecule has 2 aromatic rings. The van der Waals surface area contributed by atoms with E-state index < -0.39 is 0 Å². The van der Waals surface area contributed by atoms with Crippen LogP contribution in [-0.2, 0) is 4.74 Å². The molecule has 4 rings (SSSR count). The second-order valence-corrected chi connectivity index (χ2v) is 7.24. The van der Waals surface area contributed by atoms with Crippen molar-refractivity contribution in [3.05, 3.63) is 21.8 Å². The van der Waals surface area contributed by atoms with Crippen LogP contribution in [0.2, 0.25) is 5.28 Å². The van der Waals surface area contributed by atoms with E-state index in [1.165, 1.54) is 10.5 Å². The lowest BCUT2D eigenvalue weighted by molar-refractivity contribution is 0.122. The molecule has 0 bridgehead atoms. The fourth-order valence-electron chi connectivity index (χ4n) is 3.08. The summed E-state index contributed by atoms with van der Waals surface area (Å²) >= 11 is 7.84. The van der Waals surface area contributed by atoms with Crippen LogP contribution in [0.4, 0.5) is 5.82 Å². The first-order chi connectivity index (χ1) is 11.3. The van der Waals surface area contributed by atoms with Gasteiger partial charge in [-0.15, -0.1) is 11.3 Å². The third-order valence-corrected chi connectivity index (χ3v) is 5.41. The number of fused-ring (bicyclic) bond motifs is 1. The molecule has 0 aliphatic carbocycles. The van der Waals surface area contributed by atoms with Crippen LogP contribution in [0.25, 0.3) is 16.3 Å².